The van der Waals surface area contributed by atoms with E-state index in [2.05, 4.69) is 10.3 Å². The third-order valence-corrected chi connectivity index (χ3v) is 2.45. The normalized spacial score (nSPS) is 10.1. The lowest BCUT2D eigenvalue weighted by molar-refractivity contribution is -0.137. The predicted octanol–water partition coefficient (Wildman–Crippen LogP) is 0.586. The number of nitrogens with one attached hydrogen (secondary N) is 2. The number of hydrogen-bond acceptors (Lipinski definition) is 3. The molecule has 3 N–H and O–H groups in total. The standard InChI is InChI=1S/C12H16N2O4/c1-7-6-8(2)14-12(18)10(7)11(17)13-5-3-4-9(15)16/h6H,3-5H2,1-2H3,(H,13,17)(H,14,18)(H,15,16). The highest BCUT2D eigenvalue weighted by Gasteiger charge is 2.13. The van der Waals surface area contributed by atoms with E-state index in [9.17, 15) is 14.4 Å². The maximum absolute atomic E-state index is 11.8. The molecule has 6 heteroatoms. The lowest BCUT2D eigenvalue weighted by Gasteiger charge is -2.07. The van der Waals surface area contributed by atoms with Gasteiger partial charge < -0.3 is 15.4 Å². The zero-order chi connectivity index (χ0) is 13.7. The van der Waals surface area contributed by atoms with Gasteiger partial charge in [-0.3, -0.25) is 14.4 Å². The average molecular weight is 252 g/mol. The first-order chi connectivity index (χ1) is 8.41. The van der Waals surface area contributed by atoms with Crippen molar-refractivity contribution < 1.29 is 14.7 Å². The van der Waals surface area contributed by atoms with Gasteiger partial charge in [0.25, 0.3) is 11.5 Å². The van der Waals surface area contributed by atoms with Crippen molar-refractivity contribution in [1.29, 1.82) is 0 Å². The van der Waals surface area contributed by atoms with Crippen LogP contribution < -0.4 is 10.9 Å². The van der Waals surface area contributed by atoms with Gasteiger partial charge in [-0.2, -0.15) is 0 Å². The number of pyridine rings is 1. The molecule has 1 amide bonds. The number of amides is 1. The highest BCUT2D eigenvalue weighted by atomic mass is 16.4. The van der Waals surface area contributed by atoms with E-state index >= 15 is 0 Å². The van der Waals surface area contributed by atoms with Crippen molar-refractivity contribution in [2.45, 2.75) is 26.7 Å². The largest absolute Gasteiger partial charge is 0.481 e. The summed E-state index contributed by atoms with van der Waals surface area (Å²) in [6, 6.07) is 1.72. The summed E-state index contributed by atoms with van der Waals surface area (Å²) >= 11 is 0. The smallest absolute Gasteiger partial charge is 0.303 e. The molecule has 18 heavy (non-hydrogen) atoms. The van der Waals surface area contributed by atoms with Crippen molar-refractivity contribution in [2.75, 3.05) is 6.54 Å². The fourth-order valence-electron chi connectivity index (χ4n) is 1.67. The third kappa shape index (κ3) is 3.73. The van der Waals surface area contributed by atoms with E-state index in [1.165, 1.54) is 0 Å². The minimum absolute atomic E-state index is 0.0104. The number of aromatic nitrogens is 1. The number of carbonyl (C=O) groups excluding carboxylic acids is 1. The minimum atomic E-state index is -0.909. The number of rotatable bonds is 5. The summed E-state index contributed by atoms with van der Waals surface area (Å²) in [4.78, 5) is 36.2. The molecule has 0 aliphatic rings. The summed E-state index contributed by atoms with van der Waals surface area (Å²) in [6.07, 6.45) is 0.327. The van der Waals surface area contributed by atoms with Crippen molar-refractivity contribution in [1.82, 2.24) is 10.3 Å². The number of carboxylic acid groups (broad SMARTS) is 1. The van der Waals surface area contributed by atoms with Gasteiger partial charge in [-0.05, 0) is 31.9 Å². The van der Waals surface area contributed by atoms with Crippen LogP contribution in [0, 0.1) is 13.8 Å². The van der Waals surface area contributed by atoms with Crippen LogP contribution in [-0.2, 0) is 4.79 Å². The number of hydrogen-bond donors (Lipinski definition) is 3. The lowest BCUT2D eigenvalue weighted by Crippen LogP contribution is -2.31. The van der Waals surface area contributed by atoms with Crippen molar-refractivity contribution in [3.8, 4) is 0 Å². The molecule has 1 aromatic heterocycles. The minimum Gasteiger partial charge on any atom is -0.481 e. The third-order valence-electron chi connectivity index (χ3n) is 2.45. The first-order valence-electron chi connectivity index (χ1n) is 5.62. The van der Waals surface area contributed by atoms with Crippen LogP contribution in [0.15, 0.2) is 10.9 Å². The first-order valence-corrected chi connectivity index (χ1v) is 5.62. The van der Waals surface area contributed by atoms with Gasteiger partial charge >= 0.3 is 5.97 Å². The Bertz CT molecular complexity index is 519. The van der Waals surface area contributed by atoms with Crippen molar-refractivity contribution in [3.63, 3.8) is 0 Å². The Morgan fingerprint density at radius 1 is 1.39 bits per heavy atom. The fourth-order valence-corrected chi connectivity index (χ4v) is 1.67. The molecule has 0 bridgehead atoms. The summed E-state index contributed by atoms with van der Waals surface area (Å²) in [5.74, 6) is -1.38. The van der Waals surface area contributed by atoms with Gasteiger partial charge in [0.15, 0.2) is 0 Å². The van der Waals surface area contributed by atoms with E-state index in [4.69, 9.17) is 5.11 Å². The molecular formula is C12H16N2O4. The van der Waals surface area contributed by atoms with E-state index in [-0.39, 0.29) is 18.5 Å². The molecule has 0 aromatic carbocycles. The van der Waals surface area contributed by atoms with Crippen molar-refractivity contribution >= 4 is 11.9 Å². The topological polar surface area (TPSA) is 99.3 Å². The molecule has 0 saturated carbocycles. The number of H-pyrrole nitrogens is 1. The van der Waals surface area contributed by atoms with E-state index in [0.717, 1.165) is 0 Å². The number of aliphatic carboxylic acids is 1. The van der Waals surface area contributed by atoms with Crippen LogP contribution in [0.25, 0.3) is 0 Å². The van der Waals surface area contributed by atoms with Crippen LogP contribution in [0.1, 0.15) is 34.5 Å². The summed E-state index contributed by atoms with van der Waals surface area (Å²) < 4.78 is 0. The fraction of sp³-hybridized carbons (Fsp3) is 0.417. The van der Waals surface area contributed by atoms with Crippen molar-refractivity contribution in [2.24, 2.45) is 0 Å². The Kier molecular flexibility index (Phi) is 4.65. The molecule has 1 rings (SSSR count). The highest BCUT2D eigenvalue weighted by molar-refractivity contribution is 5.95. The highest BCUT2D eigenvalue weighted by Crippen LogP contribution is 2.03. The molecule has 0 radical (unpaired) electrons. The van der Waals surface area contributed by atoms with Crippen LogP contribution >= 0.6 is 0 Å². The molecule has 98 valence electrons. The van der Waals surface area contributed by atoms with Crippen molar-refractivity contribution in [3.05, 3.63) is 33.2 Å². The van der Waals surface area contributed by atoms with Gasteiger partial charge in [-0.1, -0.05) is 0 Å². The SMILES string of the molecule is Cc1cc(C)c(C(=O)NCCCC(=O)O)c(=O)[nH]1. The molecule has 0 fully saturated rings. The number of carbonyl (C=O) groups is 2. The first kappa shape index (κ1) is 14.0. The van der Waals surface area contributed by atoms with Gasteiger partial charge in [0, 0.05) is 18.7 Å². The molecule has 0 aliphatic carbocycles. The molecule has 0 atom stereocenters. The second-order valence-electron chi connectivity index (χ2n) is 4.09. The zero-order valence-corrected chi connectivity index (χ0v) is 10.4. The van der Waals surface area contributed by atoms with E-state index in [0.29, 0.717) is 17.7 Å². The Morgan fingerprint density at radius 2 is 2.06 bits per heavy atom. The monoisotopic (exact) mass is 252 g/mol. The number of aryl methyl sites for hydroxylation is 2. The summed E-state index contributed by atoms with van der Waals surface area (Å²) in [6.45, 7) is 3.66. The second kappa shape index (κ2) is 6.00. The zero-order valence-electron chi connectivity index (χ0n) is 10.4. The average Bonchev–Trinajstić information content (AvgIpc) is 2.22. The van der Waals surface area contributed by atoms with Gasteiger partial charge in [-0.25, -0.2) is 0 Å². The quantitative estimate of drug-likeness (QED) is 0.668. The Hall–Kier alpha value is -2.11. The Labute approximate surface area is 104 Å². The predicted molar refractivity (Wildman–Crippen MR) is 65.7 cm³/mol. The maximum Gasteiger partial charge on any atom is 0.303 e. The Morgan fingerprint density at radius 3 is 2.61 bits per heavy atom. The molecule has 0 spiro atoms. The van der Waals surface area contributed by atoms with Gasteiger partial charge in [0.05, 0.1) is 0 Å². The number of carboxylic acids is 1. The van der Waals surface area contributed by atoms with Crippen LogP contribution in [0.5, 0.6) is 0 Å². The summed E-state index contributed by atoms with van der Waals surface area (Å²) in [7, 11) is 0. The molecule has 1 heterocycles. The van der Waals surface area contributed by atoms with Crippen LogP contribution in [0.2, 0.25) is 0 Å². The van der Waals surface area contributed by atoms with Gasteiger partial charge in [-0.15, -0.1) is 0 Å². The molecule has 0 unspecified atom stereocenters. The molecular weight excluding hydrogens is 236 g/mol. The van der Waals surface area contributed by atoms with E-state index < -0.39 is 17.4 Å². The molecule has 0 aliphatic heterocycles. The number of aromatic amines is 1. The van der Waals surface area contributed by atoms with Crippen LogP contribution in [0.4, 0.5) is 0 Å². The molecule has 0 saturated heterocycles. The lowest BCUT2D eigenvalue weighted by atomic mass is 10.1. The van der Waals surface area contributed by atoms with Gasteiger partial charge in [0.1, 0.15) is 5.56 Å². The van der Waals surface area contributed by atoms with E-state index in [1.807, 2.05) is 0 Å². The Balaban J connectivity index is 2.68. The second-order valence-corrected chi connectivity index (χ2v) is 4.09. The van der Waals surface area contributed by atoms with Crippen LogP contribution in [-0.4, -0.2) is 28.5 Å². The van der Waals surface area contributed by atoms with Crippen LogP contribution in [0.3, 0.4) is 0 Å². The molecule has 1 aromatic rings. The maximum atomic E-state index is 11.8. The van der Waals surface area contributed by atoms with E-state index in [1.54, 1.807) is 19.9 Å². The molecule has 6 nitrogen and oxygen atoms in total. The summed E-state index contributed by atoms with van der Waals surface area (Å²) in [5, 5.41) is 11.0. The van der Waals surface area contributed by atoms with Gasteiger partial charge in [0.2, 0.25) is 0 Å². The summed E-state index contributed by atoms with van der Waals surface area (Å²) in [5.41, 5.74) is 0.950.